The summed E-state index contributed by atoms with van der Waals surface area (Å²) in [5, 5.41) is 1.37. The van der Waals surface area contributed by atoms with Gasteiger partial charge in [-0.15, -0.1) is 0 Å². The Morgan fingerprint density at radius 3 is 1.19 bits per heavy atom. The van der Waals surface area contributed by atoms with Crippen LogP contribution >= 0.6 is 0 Å². The maximum absolute atomic E-state index is 15.1. The van der Waals surface area contributed by atoms with Gasteiger partial charge in [0.2, 0.25) is 66.6 Å². The lowest BCUT2D eigenvalue weighted by Crippen LogP contribution is -2.48. The summed E-state index contributed by atoms with van der Waals surface area (Å²) in [4.78, 5) is 132. The number of allylic oxidation sites excluding steroid dienone is 4. The number of benzene rings is 4. The molecule has 6 aliphatic heterocycles. The van der Waals surface area contributed by atoms with Gasteiger partial charge in [0.15, 0.2) is 11.6 Å². The van der Waals surface area contributed by atoms with Crippen LogP contribution in [0.15, 0.2) is 121 Å². The molecule has 4 aromatic carbocycles. The number of anilines is 2. The van der Waals surface area contributed by atoms with Crippen molar-refractivity contribution in [1.29, 1.82) is 0 Å². The number of alkyl halides is 6. The minimum atomic E-state index is -4.88. The first kappa shape index (κ1) is 100. The van der Waals surface area contributed by atoms with E-state index in [0.717, 1.165) is 87.1 Å². The number of ketones is 2. The second-order valence-corrected chi connectivity index (χ2v) is 43.8. The third-order valence-electron chi connectivity index (χ3n) is 28.8. The fraction of sp³-hybridized carbons (Fsp3) is 0.580. The van der Waals surface area contributed by atoms with E-state index in [-0.39, 0.29) is 75.2 Å². The first-order valence-corrected chi connectivity index (χ1v) is 50.3. The SMILES string of the molecule is COc1ccc2c(OC3C[C@H]4C(=O)C[C@]5(C(=O)NS(=O)(=O)C6CC6)C[C@H]5/C=C\CC[C@@H](C)C[C@@H](C)[C@H](CC(=O)OC(C)(C)C(F)(F)F)C(=O)N4C3)nc(-c3ccc(N4CCOCC4)cc3)cc2c1.COc1ccc2c(OC3C[C@H]4C(=O)C[C@]5(C(=O)NS(=O)(=O)C6CC6)C[C@H]5/C=C\CC[C@H](C)C[C@@H](C)[C@H](CC(=O)OC(C)(C)C(F)(F)F)C(=O)N4C3)nc(-c3ccc(N4CCOCC4)cc3)cc2c1. The number of ether oxygens (including phenoxy) is 8. The van der Waals surface area contributed by atoms with Gasteiger partial charge in [-0.3, -0.25) is 47.8 Å². The van der Waals surface area contributed by atoms with E-state index in [9.17, 15) is 71.9 Å². The summed E-state index contributed by atoms with van der Waals surface area (Å²) in [7, 11) is -4.81. The summed E-state index contributed by atoms with van der Waals surface area (Å²) >= 11 is 0. The molecule has 16 rings (SSSR count). The number of methoxy groups -OCH3 is 2. The predicted octanol–water partition coefficient (Wildman–Crippen LogP) is 15.1. The second-order valence-electron chi connectivity index (χ2n) is 39.9. The molecule has 8 heterocycles. The molecule has 2 unspecified atom stereocenters. The van der Waals surface area contributed by atoms with Gasteiger partial charge in [-0.05, 0) is 224 Å². The normalized spacial score (nSPS) is 27.9. The van der Waals surface area contributed by atoms with Gasteiger partial charge in [-0.2, -0.15) is 26.3 Å². The van der Waals surface area contributed by atoms with Crippen LogP contribution < -0.4 is 38.2 Å². The van der Waals surface area contributed by atoms with Crippen LogP contribution in [0.5, 0.6) is 23.3 Å². The van der Waals surface area contributed by atoms with Crippen LogP contribution in [-0.4, -0.2) is 222 Å². The maximum atomic E-state index is 15.1. The number of hydrogen-bond acceptors (Lipinski definition) is 24. The summed E-state index contributed by atoms with van der Waals surface area (Å²) < 4.78 is 186. The number of esters is 2. The molecule has 10 aliphatic rings. The Balaban J connectivity index is 0.000000207. The van der Waals surface area contributed by atoms with Gasteiger partial charge in [-0.1, -0.05) is 76.3 Å². The summed E-state index contributed by atoms with van der Waals surface area (Å²) in [6, 6.07) is 28.2. The lowest BCUT2D eigenvalue weighted by atomic mass is 9.82. The zero-order chi connectivity index (χ0) is 97.5. The highest BCUT2D eigenvalue weighted by molar-refractivity contribution is 7.91. The lowest BCUT2D eigenvalue weighted by Gasteiger charge is -2.33. The molecular weight excluding hydrogens is 1810 g/mol. The van der Waals surface area contributed by atoms with Crippen molar-refractivity contribution in [2.45, 2.75) is 229 Å². The maximum Gasteiger partial charge on any atom is 0.427 e. The molecule has 28 nitrogen and oxygen atoms in total. The third-order valence-corrected chi connectivity index (χ3v) is 32.5. The summed E-state index contributed by atoms with van der Waals surface area (Å²) in [5.41, 5.74) is -3.60. The van der Waals surface area contributed by atoms with Crippen molar-refractivity contribution in [3.8, 4) is 45.8 Å². The van der Waals surface area contributed by atoms with Crippen LogP contribution in [0.2, 0.25) is 0 Å². The van der Waals surface area contributed by atoms with Crippen LogP contribution in [0.1, 0.15) is 171 Å². The first-order chi connectivity index (χ1) is 64.3. The molecule has 136 heavy (non-hydrogen) atoms. The van der Waals surface area contributed by atoms with E-state index < -0.39 is 185 Å². The number of Topliss-reactive ketones (excluding diaryl/α,β-unsaturated/α-hetero) is 2. The number of pyridine rings is 2. The van der Waals surface area contributed by atoms with Gasteiger partial charge in [0.1, 0.15) is 23.7 Å². The average molecular weight is 1930 g/mol. The van der Waals surface area contributed by atoms with Gasteiger partial charge in [0.05, 0.1) is 123 Å². The van der Waals surface area contributed by atoms with Crippen molar-refractivity contribution in [2.24, 2.45) is 58.2 Å². The molecule has 736 valence electrons. The number of nitrogens with zero attached hydrogens (tertiary/aromatic N) is 6. The van der Waals surface area contributed by atoms with Crippen molar-refractivity contribution >= 4 is 100 Å². The molecule has 36 heteroatoms. The number of carbonyl (C=O) groups is 8. The van der Waals surface area contributed by atoms with Gasteiger partial charge in [0.25, 0.3) is 0 Å². The zero-order valence-corrected chi connectivity index (χ0v) is 80.0. The molecule has 4 aliphatic carbocycles. The molecular formula is C100H122F6N8O20S2. The topological polar surface area (TPSA) is 341 Å². The van der Waals surface area contributed by atoms with Gasteiger partial charge in [0, 0.05) is 85.1 Å². The molecule has 0 bridgehead atoms. The van der Waals surface area contributed by atoms with Gasteiger partial charge >= 0.3 is 24.3 Å². The fourth-order valence-electron chi connectivity index (χ4n) is 19.9. The Hall–Kier alpha value is -10.5. The molecule has 2 N–H and O–H groups in total. The highest BCUT2D eigenvalue weighted by atomic mass is 32.2. The van der Waals surface area contributed by atoms with Crippen molar-refractivity contribution in [3.63, 3.8) is 0 Å². The lowest BCUT2D eigenvalue weighted by molar-refractivity contribution is -0.257. The van der Waals surface area contributed by atoms with E-state index >= 15 is 9.59 Å². The molecule has 2 aromatic heterocycles. The number of fused-ring (bicyclic) bond motifs is 6. The van der Waals surface area contributed by atoms with Crippen LogP contribution in [-0.2, 0) is 77.4 Å². The quantitative estimate of drug-likeness (QED) is 0.0362. The molecule has 14 atom stereocenters. The highest BCUT2D eigenvalue weighted by Crippen LogP contribution is 2.59. The Kier molecular flexibility index (Phi) is 29.5. The number of amides is 4. The summed E-state index contributed by atoms with van der Waals surface area (Å²) in [5.74, 6) is -8.94. The number of rotatable bonds is 22. The third kappa shape index (κ3) is 22.8. The minimum absolute atomic E-state index is 0.00146. The van der Waals surface area contributed by atoms with Crippen LogP contribution in [0.25, 0.3) is 44.1 Å². The molecule has 4 amide bonds. The monoisotopic (exact) mass is 1930 g/mol. The molecule has 0 spiro atoms. The largest absolute Gasteiger partial charge is 0.497 e. The van der Waals surface area contributed by atoms with Gasteiger partial charge < -0.3 is 57.5 Å². The van der Waals surface area contributed by atoms with E-state index in [4.69, 9.17) is 47.9 Å². The van der Waals surface area contributed by atoms with Crippen molar-refractivity contribution < 1.29 is 119 Å². The Bertz CT molecular complexity index is 5440. The van der Waals surface area contributed by atoms with Crippen molar-refractivity contribution in [1.82, 2.24) is 29.2 Å². The van der Waals surface area contributed by atoms with Crippen LogP contribution in [0, 0.1) is 58.2 Å². The van der Waals surface area contributed by atoms with Crippen LogP contribution in [0.3, 0.4) is 0 Å². The van der Waals surface area contributed by atoms with E-state index in [1.807, 2.05) is 111 Å². The number of nitrogens with one attached hydrogen (secondary N) is 2. The number of halogens is 6. The second kappa shape index (κ2) is 40.2. The molecule has 0 radical (unpaired) electrons. The zero-order valence-electron chi connectivity index (χ0n) is 78.4. The van der Waals surface area contributed by atoms with Crippen LogP contribution in [0.4, 0.5) is 37.7 Å². The summed E-state index contributed by atoms with van der Waals surface area (Å²) in [6.45, 7) is 15.8. The Labute approximate surface area is 788 Å². The molecule has 4 saturated carbocycles. The molecule has 8 fully saturated rings. The van der Waals surface area contributed by atoms with Crippen molar-refractivity contribution in [3.05, 3.63) is 121 Å². The number of hydrogen-bond donors (Lipinski definition) is 2. The number of sulfonamides is 2. The van der Waals surface area contributed by atoms with E-state index in [1.54, 1.807) is 52.3 Å². The number of morpholine rings is 2. The first-order valence-electron chi connectivity index (χ1n) is 47.2. The van der Waals surface area contributed by atoms with Gasteiger partial charge in [-0.25, -0.2) is 26.8 Å². The highest BCUT2D eigenvalue weighted by Gasteiger charge is 2.64. The fourth-order valence-corrected chi connectivity index (χ4v) is 22.7. The van der Waals surface area contributed by atoms with E-state index in [2.05, 4.69) is 19.2 Å². The smallest absolute Gasteiger partial charge is 0.427 e. The summed E-state index contributed by atoms with van der Waals surface area (Å²) in [6.07, 6.45) is -0.631. The number of carbonyl (C=O) groups excluding carboxylic acids is 8. The predicted molar refractivity (Wildman–Crippen MR) is 494 cm³/mol. The Morgan fingerprint density at radius 1 is 0.493 bits per heavy atom. The van der Waals surface area contributed by atoms with E-state index in [0.29, 0.717) is 124 Å². The molecule has 4 saturated heterocycles. The van der Waals surface area contributed by atoms with E-state index in [1.165, 1.54) is 9.80 Å². The Morgan fingerprint density at radius 2 is 0.853 bits per heavy atom. The van der Waals surface area contributed by atoms with Crippen molar-refractivity contribution in [2.75, 3.05) is 89.7 Å². The number of aromatic nitrogens is 2. The minimum Gasteiger partial charge on any atom is -0.497 e. The molecule has 6 aromatic rings. The standard InChI is InChI=1S/2C50H61F3N4O10S/c2*1-30-8-6-7-9-34-27-49(34,47(61)55-68(62,63)38-15-16-38)28-43(58)42-25-37(29-57(42)46(60)40(31(2)22-30)26-44(59)67-48(3,4)50(51,52)53)66-45-39-17-14-36(64-5)23-33(39)24-41(54-45)32-10-12-35(13-11-32)56-18-20-65-21-19-56/h2*7,9-14,17,23-24,30-31,34,37-38,40,42H,6,8,15-16,18-22,25-29H2,1-5H3,(H,55,61)/b2*9-7-/t30-,31+,34+,37?,40-,42-,49+;30-,31-,34-,37?,40+,42+,49-/m01/s1. The average Bonchev–Trinajstić information content (AvgIpc) is 1.57.